The van der Waals surface area contributed by atoms with E-state index in [1.165, 1.54) is 6.20 Å². The molecule has 0 fully saturated rings. The Hall–Kier alpha value is -0.493. The molecule has 120 valence electrons. The van der Waals surface area contributed by atoms with Gasteiger partial charge in [0.1, 0.15) is 0 Å². The normalized spacial score (nSPS) is 12.7. The van der Waals surface area contributed by atoms with Crippen LogP contribution in [0.3, 0.4) is 0 Å². The van der Waals surface area contributed by atoms with E-state index in [0.29, 0.717) is 25.1 Å². The van der Waals surface area contributed by atoms with Gasteiger partial charge in [-0.25, -0.2) is 9.37 Å². The highest BCUT2D eigenvalue weighted by Gasteiger charge is 2.36. The molecule has 0 bridgehead atoms. The molecular formula is C15H26ClFN2OSi. The van der Waals surface area contributed by atoms with Crippen LogP contribution in [-0.4, -0.2) is 33.0 Å². The Balaban J connectivity index is 2.25. The Morgan fingerprint density at radius 3 is 2.62 bits per heavy atom. The highest BCUT2D eigenvalue weighted by atomic mass is 35.5. The summed E-state index contributed by atoms with van der Waals surface area (Å²) in [5, 5.41) is 3.44. The first kappa shape index (κ1) is 18.6. The molecule has 0 radical (unpaired) electrons. The summed E-state index contributed by atoms with van der Waals surface area (Å²) in [7, 11) is -1.67. The van der Waals surface area contributed by atoms with E-state index < -0.39 is 14.1 Å². The van der Waals surface area contributed by atoms with Crippen LogP contribution in [0.25, 0.3) is 0 Å². The summed E-state index contributed by atoms with van der Waals surface area (Å²) < 4.78 is 19.7. The lowest BCUT2D eigenvalue weighted by atomic mass is 10.2. The van der Waals surface area contributed by atoms with Crippen molar-refractivity contribution >= 4 is 19.9 Å². The van der Waals surface area contributed by atoms with E-state index in [9.17, 15) is 4.39 Å². The monoisotopic (exact) mass is 332 g/mol. The van der Waals surface area contributed by atoms with Crippen molar-refractivity contribution in [3.63, 3.8) is 0 Å². The smallest absolute Gasteiger partial charge is 0.192 e. The lowest BCUT2D eigenvalue weighted by Crippen LogP contribution is -2.42. The number of hydrogen-bond donors (Lipinski definition) is 1. The third-order valence-corrected chi connectivity index (χ3v) is 8.85. The second-order valence-electron chi connectivity index (χ2n) is 6.68. The van der Waals surface area contributed by atoms with Crippen LogP contribution in [0.15, 0.2) is 12.3 Å². The zero-order valence-corrected chi connectivity index (χ0v) is 15.4. The summed E-state index contributed by atoms with van der Waals surface area (Å²) in [5.74, 6) is -0.418. The summed E-state index contributed by atoms with van der Waals surface area (Å²) in [5.41, 5.74) is 0.591. The van der Waals surface area contributed by atoms with Gasteiger partial charge in [0, 0.05) is 19.3 Å². The third kappa shape index (κ3) is 5.66. The molecule has 1 aromatic rings. The third-order valence-electron chi connectivity index (χ3n) is 4.05. The van der Waals surface area contributed by atoms with E-state index in [2.05, 4.69) is 44.2 Å². The van der Waals surface area contributed by atoms with Gasteiger partial charge in [0.15, 0.2) is 19.3 Å². The van der Waals surface area contributed by atoms with Gasteiger partial charge in [-0.15, -0.1) is 0 Å². The molecule has 1 N–H and O–H groups in total. The van der Waals surface area contributed by atoms with Crippen LogP contribution in [-0.2, 0) is 10.8 Å². The van der Waals surface area contributed by atoms with E-state index in [4.69, 9.17) is 16.0 Å². The maximum absolute atomic E-state index is 13.6. The quantitative estimate of drug-likeness (QED) is 0.465. The van der Waals surface area contributed by atoms with Crippen molar-refractivity contribution in [3.05, 3.63) is 28.8 Å². The second kappa shape index (κ2) is 7.67. The number of nitrogens with one attached hydrogen (secondary N) is 1. The topological polar surface area (TPSA) is 34.1 Å². The minimum Gasteiger partial charge on any atom is -0.416 e. The minimum absolute atomic E-state index is 0.0613. The molecule has 0 unspecified atom stereocenters. The largest absolute Gasteiger partial charge is 0.416 e. The first-order valence-corrected chi connectivity index (χ1v) is 10.6. The van der Waals surface area contributed by atoms with Gasteiger partial charge in [-0.05, 0) is 42.7 Å². The van der Waals surface area contributed by atoms with E-state index >= 15 is 0 Å². The van der Waals surface area contributed by atoms with Crippen molar-refractivity contribution in [2.75, 3.05) is 19.7 Å². The predicted octanol–water partition coefficient (Wildman–Crippen LogP) is 4.03. The van der Waals surface area contributed by atoms with Crippen LogP contribution in [0.1, 0.15) is 26.3 Å². The molecule has 0 saturated carbocycles. The predicted molar refractivity (Wildman–Crippen MR) is 88.9 cm³/mol. The molecule has 0 spiro atoms. The van der Waals surface area contributed by atoms with Crippen molar-refractivity contribution in [1.82, 2.24) is 10.3 Å². The fourth-order valence-corrected chi connectivity index (χ4v) is 2.81. The standard InChI is InChI=1S/C15H26ClFN2OSi/c1-15(2,3)21(4,5)20-11-10-18-8-6-12-7-9-19-14(16)13(12)17/h7,9,18H,6,8,10-11H2,1-5H3. The van der Waals surface area contributed by atoms with Crippen LogP contribution in [0.5, 0.6) is 0 Å². The summed E-state index contributed by atoms with van der Waals surface area (Å²) in [6.45, 7) is 13.3. The molecule has 21 heavy (non-hydrogen) atoms. The van der Waals surface area contributed by atoms with E-state index in [-0.39, 0.29) is 10.2 Å². The van der Waals surface area contributed by atoms with Crippen molar-refractivity contribution in [1.29, 1.82) is 0 Å². The Labute approximate surface area is 133 Å². The summed E-state index contributed by atoms with van der Waals surface area (Å²) in [4.78, 5) is 3.70. The van der Waals surface area contributed by atoms with Crippen LogP contribution in [0.2, 0.25) is 23.3 Å². The minimum atomic E-state index is -1.67. The van der Waals surface area contributed by atoms with Gasteiger partial charge < -0.3 is 9.74 Å². The Bertz CT molecular complexity index is 463. The SMILES string of the molecule is CC(C)(C)[Si](C)(C)OCCNCCc1ccnc(Cl)c1F. The molecule has 0 aliphatic heterocycles. The average molecular weight is 333 g/mol. The number of rotatable bonds is 7. The van der Waals surface area contributed by atoms with Crippen LogP contribution < -0.4 is 5.32 Å². The molecule has 0 aromatic carbocycles. The molecule has 0 saturated heterocycles. The fourth-order valence-electron chi connectivity index (χ4n) is 1.59. The van der Waals surface area contributed by atoms with Crippen LogP contribution in [0.4, 0.5) is 4.39 Å². The lowest BCUT2D eigenvalue weighted by Gasteiger charge is -2.36. The molecule has 6 heteroatoms. The molecule has 0 amide bonds. The zero-order valence-electron chi connectivity index (χ0n) is 13.6. The van der Waals surface area contributed by atoms with Crippen molar-refractivity contribution in [2.24, 2.45) is 0 Å². The summed E-state index contributed by atoms with van der Waals surface area (Å²) in [6, 6.07) is 1.66. The van der Waals surface area contributed by atoms with Gasteiger partial charge in [0.25, 0.3) is 0 Å². The first-order valence-electron chi connectivity index (χ1n) is 7.29. The highest BCUT2D eigenvalue weighted by molar-refractivity contribution is 6.74. The molecule has 1 aromatic heterocycles. The Morgan fingerprint density at radius 1 is 1.33 bits per heavy atom. The van der Waals surface area contributed by atoms with Gasteiger partial charge >= 0.3 is 0 Å². The van der Waals surface area contributed by atoms with Gasteiger partial charge in [0.2, 0.25) is 0 Å². The average Bonchev–Trinajstić information content (AvgIpc) is 2.37. The number of halogens is 2. The van der Waals surface area contributed by atoms with E-state index in [0.717, 1.165) is 6.54 Å². The van der Waals surface area contributed by atoms with Gasteiger partial charge in [-0.2, -0.15) is 0 Å². The molecule has 1 rings (SSSR count). The molecule has 0 aliphatic rings. The van der Waals surface area contributed by atoms with Crippen molar-refractivity contribution < 1.29 is 8.82 Å². The van der Waals surface area contributed by atoms with Crippen molar-refractivity contribution in [2.45, 2.75) is 45.3 Å². The zero-order chi connectivity index (χ0) is 16.1. The lowest BCUT2D eigenvalue weighted by molar-refractivity contribution is 0.286. The van der Waals surface area contributed by atoms with E-state index in [1.807, 2.05) is 0 Å². The Kier molecular flexibility index (Phi) is 6.78. The van der Waals surface area contributed by atoms with Gasteiger partial charge in [0.05, 0.1) is 0 Å². The van der Waals surface area contributed by atoms with Crippen LogP contribution >= 0.6 is 11.6 Å². The number of pyridine rings is 1. The molecule has 1 heterocycles. The van der Waals surface area contributed by atoms with Gasteiger partial charge in [-0.1, -0.05) is 32.4 Å². The van der Waals surface area contributed by atoms with Gasteiger partial charge in [-0.3, -0.25) is 0 Å². The maximum Gasteiger partial charge on any atom is 0.192 e. The molecule has 3 nitrogen and oxygen atoms in total. The number of hydrogen-bond acceptors (Lipinski definition) is 3. The highest BCUT2D eigenvalue weighted by Crippen LogP contribution is 2.36. The number of aromatic nitrogens is 1. The molecule has 0 aliphatic carbocycles. The fraction of sp³-hybridized carbons (Fsp3) is 0.667. The summed E-state index contributed by atoms with van der Waals surface area (Å²) >= 11 is 5.65. The maximum atomic E-state index is 13.6. The molecule has 0 atom stereocenters. The van der Waals surface area contributed by atoms with Crippen molar-refractivity contribution in [3.8, 4) is 0 Å². The van der Waals surface area contributed by atoms with E-state index in [1.54, 1.807) is 6.07 Å². The number of nitrogens with zero attached hydrogens (tertiary/aromatic N) is 1. The molecular weight excluding hydrogens is 307 g/mol. The first-order chi connectivity index (χ1) is 9.65. The Morgan fingerprint density at radius 2 is 2.00 bits per heavy atom. The van der Waals surface area contributed by atoms with Crippen LogP contribution in [0, 0.1) is 5.82 Å². The summed E-state index contributed by atoms with van der Waals surface area (Å²) in [6.07, 6.45) is 2.12. The second-order valence-corrected chi connectivity index (χ2v) is 11.9.